The van der Waals surface area contributed by atoms with Crippen LogP contribution in [-0.2, 0) is 0 Å². The molecule has 0 aliphatic carbocycles. The minimum Gasteiger partial charge on any atom is -0.383 e. The average molecular weight is 199 g/mol. The summed E-state index contributed by atoms with van der Waals surface area (Å²) in [6, 6.07) is 1.87. The summed E-state index contributed by atoms with van der Waals surface area (Å²) in [5.41, 5.74) is 5.84. The molecule has 1 heterocycles. The van der Waals surface area contributed by atoms with Crippen LogP contribution in [0.15, 0.2) is 6.07 Å². The fraction of sp³-hybridized carbons (Fsp3) is 0.667. The molecule has 0 saturated carbocycles. The SMILES string of the molecule is CCC(C)(C)CNc1cc(N)ns1. The first-order valence-corrected chi connectivity index (χ1v) is 5.27. The summed E-state index contributed by atoms with van der Waals surface area (Å²) in [5, 5.41) is 4.39. The van der Waals surface area contributed by atoms with Crippen LogP contribution in [0.4, 0.5) is 10.8 Å². The summed E-state index contributed by atoms with van der Waals surface area (Å²) in [4.78, 5) is 0. The van der Waals surface area contributed by atoms with Gasteiger partial charge in [0.15, 0.2) is 0 Å². The highest BCUT2D eigenvalue weighted by molar-refractivity contribution is 7.10. The molecular formula is C9H17N3S. The van der Waals surface area contributed by atoms with Gasteiger partial charge >= 0.3 is 0 Å². The monoisotopic (exact) mass is 199 g/mol. The van der Waals surface area contributed by atoms with E-state index in [0.29, 0.717) is 11.2 Å². The van der Waals surface area contributed by atoms with Gasteiger partial charge in [0.1, 0.15) is 10.8 Å². The van der Waals surface area contributed by atoms with Crippen LogP contribution in [0.1, 0.15) is 27.2 Å². The van der Waals surface area contributed by atoms with E-state index in [9.17, 15) is 0 Å². The molecular weight excluding hydrogens is 182 g/mol. The van der Waals surface area contributed by atoms with Gasteiger partial charge in [0, 0.05) is 12.6 Å². The Labute approximate surface area is 83.5 Å². The second kappa shape index (κ2) is 3.96. The van der Waals surface area contributed by atoms with E-state index in [1.54, 1.807) is 0 Å². The van der Waals surface area contributed by atoms with Crippen molar-refractivity contribution in [2.75, 3.05) is 17.6 Å². The molecule has 4 heteroatoms. The van der Waals surface area contributed by atoms with Crippen LogP contribution >= 0.6 is 11.5 Å². The van der Waals surface area contributed by atoms with Crippen molar-refractivity contribution < 1.29 is 0 Å². The van der Waals surface area contributed by atoms with E-state index in [1.165, 1.54) is 11.5 Å². The van der Waals surface area contributed by atoms with Crippen LogP contribution < -0.4 is 11.1 Å². The van der Waals surface area contributed by atoms with E-state index in [0.717, 1.165) is 18.0 Å². The quantitative estimate of drug-likeness (QED) is 0.783. The van der Waals surface area contributed by atoms with Gasteiger partial charge in [-0.2, -0.15) is 4.37 Å². The largest absolute Gasteiger partial charge is 0.383 e. The zero-order valence-electron chi connectivity index (χ0n) is 8.42. The normalized spacial score (nSPS) is 11.6. The topological polar surface area (TPSA) is 50.9 Å². The van der Waals surface area contributed by atoms with Crippen LogP contribution in [0.2, 0.25) is 0 Å². The molecule has 0 spiro atoms. The van der Waals surface area contributed by atoms with Crippen molar-refractivity contribution in [3.05, 3.63) is 6.07 Å². The van der Waals surface area contributed by atoms with Crippen LogP contribution in [0, 0.1) is 5.41 Å². The van der Waals surface area contributed by atoms with Crippen molar-refractivity contribution in [3.63, 3.8) is 0 Å². The molecule has 0 radical (unpaired) electrons. The predicted octanol–water partition coefficient (Wildman–Crippen LogP) is 2.57. The second-order valence-electron chi connectivity index (χ2n) is 3.99. The van der Waals surface area contributed by atoms with Gasteiger partial charge in [-0.15, -0.1) is 0 Å². The average Bonchev–Trinajstić information content (AvgIpc) is 2.48. The standard InChI is InChI=1S/C9H17N3S/c1-4-9(2,3)6-11-8-5-7(10)12-13-8/h5,11H,4,6H2,1-3H3,(H2,10,12). The van der Waals surface area contributed by atoms with Crippen molar-refractivity contribution in [2.24, 2.45) is 5.41 Å². The summed E-state index contributed by atoms with van der Waals surface area (Å²) < 4.78 is 4.00. The number of hydrogen-bond acceptors (Lipinski definition) is 4. The molecule has 0 aliphatic rings. The smallest absolute Gasteiger partial charge is 0.139 e. The van der Waals surface area contributed by atoms with Gasteiger partial charge in [-0.25, -0.2) is 0 Å². The summed E-state index contributed by atoms with van der Waals surface area (Å²) >= 11 is 1.41. The van der Waals surface area contributed by atoms with Gasteiger partial charge in [-0.1, -0.05) is 20.8 Å². The van der Waals surface area contributed by atoms with E-state index in [4.69, 9.17) is 5.73 Å². The molecule has 0 aliphatic heterocycles. The minimum absolute atomic E-state index is 0.332. The first-order valence-electron chi connectivity index (χ1n) is 4.49. The molecule has 3 N–H and O–H groups in total. The molecule has 74 valence electrons. The number of nitrogen functional groups attached to an aromatic ring is 1. The highest BCUT2D eigenvalue weighted by atomic mass is 32.1. The van der Waals surface area contributed by atoms with Crippen molar-refractivity contribution in [1.82, 2.24) is 4.37 Å². The van der Waals surface area contributed by atoms with Crippen molar-refractivity contribution in [1.29, 1.82) is 0 Å². The van der Waals surface area contributed by atoms with E-state index < -0.39 is 0 Å². The number of aromatic nitrogens is 1. The number of hydrogen-bond donors (Lipinski definition) is 2. The van der Waals surface area contributed by atoms with Gasteiger partial charge in [0.2, 0.25) is 0 Å². The van der Waals surface area contributed by atoms with Crippen molar-refractivity contribution >= 4 is 22.4 Å². The molecule has 0 saturated heterocycles. The molecule has 0 aromatic carbocycles. The molecule has 0 atom stereocenters. The maximum absolute atomic E-state index is 5.51. The van der Waals surface area contributed by atoms with E-state index in [2.05, 4.69) is 30.5 Å². The van der Waals surface area contributed by atoms with Crippen LogP contribution in [-0.4, -0.2) is 10.9 Å². The Bertz CT molecular complexity index is 268. The predicted molar refractivity (Wildman–Crippen MR) is 59.1 cm³/mol. The summed E-state index contributed by atoms with van der Waals surface area (Å²) in [6.45, 7) is 7.64. The second-order valence-corrected chi connectivity index (χ2v) is 4.79. The Morgan fingerprint density at radius 1 is 1.62 bits per heavy atom. The molecule has 0 bridgehead atoms. The highest BCUT2D eigenvalue weighted by Gasteiger charge is 2.14. The Morgan fingerprint density at radius 3 is 2.77 bits per heavy atom. The Kier molecular flexibility index (Phi) is 3.14. The fourth-order valence-corrected chi connectivity index (χ4v) is 1.39. The van der Waals surface area contributed by atoms with Gasteiger partial charge in [-0.3, -0.25) is 0 Å². The maximum Gasteiger partial charge on any atom is 0.139 e. The van der Waals surface area contributed by atoms with Crippen LogP contribution in [0.3, 0.4) is 0 Å². The molecule has 3 nitrogen and oxygen atoms in total. The van der Waals surface area contributed by atoms with E-state index >= 15 is 0 Å². The van der Waals surface area contributed by atoms with E-state index in [-0.39, 0.29) is 0 Å². The number of nitrogens with one attached hydrogen (secondary N) is 1. The number of anilines is 2. The Hall–Kier alpha value is -0.770. The lowest BCUT2D eigenvalue weighted by Gasteiger charge is -2.22. The highest BCUT2D eigenvalue weighted by Crippen LogP contribution is 2.23. The first-order chi connectivity index (χ1) is 6.03. The zero-order chi connectivity index (χ0) is 9.90. The minimum atomic E-state index is 0.332. The lowest BCUT2D eigenvalue weighted by atomic mass is 9.90. The number of nitrogens with zero attached hydrogens (tertiary/aromatic N) is 1. The molecule has 1 rings (SSSR count). The van der Waals surface area contributed by atoms with Crippen molar-refractivity contribution in [3.8, 4) is 0 Å². The lowest BCUT2D eigenvalue weighted by Crippen LogP contribution is -2.21. The fourth-order valence-electron chi connectivity index (χ4n) is 0.824. The molecule has 0 amide bonds. The van der Waals surface area contributed by atoms with Crippen LogP contribution in [0.25, 0.3) is 0 Å². The summed E-state index contributed by atoms with van der Waals surface area (Å²) in [5.74, 6) is 0.599. The molecule has 0 fully saturated rings. The lowest BCUT2D eigenvalue weighted by molar-refractivity contribution is 0.377. The van der Waals surface area contributed by atoms with Gasteiger partial charge in [0.25, 0.3) is 0 Å². The maximum atomic E-state index is 5.51. The first kappa shape index (κ1) is 10.3. The number of rotatable bonds is 4. The molecule has 13 heavy (non-hydrogen) atoms. The van der Waals surface area contributed by atoms with E-state index in [1.807, 2.05) is 6.07 Å². The Morgan fingerprint density at radius 2 is 2.31 bits per heavy atom. The third kappa shape index (κ3) is 3.22. The third-order valence-electron chi connectivity index (χ3n) is 2.23. The van der Waals surface area contributed by atoms with Crippen molar-refractivity contribution in [2.45, 2.75) is 27.2 Å². The number of nitrogens with two attached hydrogens (primary N) is 1. The Balaban J connectivity index is 2.43. The van der Waals surface area contributed by atoms with Crippen LogP contribution in [0.5, 0.6) is 0 Å². The van der Waals surface area contributed by atoms with Gasteiger partial charge < -0.3 is 11.1 Å². The zero-order valence-corrected chi connectivity index (χ0v) is 9.24. The van der Waals surface area contributed by atoms with Gasteiger partial charge in [-0.05, 0) is 23.4 Å². The molecule has 1 aromatic heterocycles. The third-order valence-corrected chi connectivity index (χ3v) is 2.99. The summed E-state index contributed by atoms with van der Waals surface area (Å²) in [7, 11) is 0. The van der Waals surface area contributed by atoms with Gasteiger partial charge in [0.05, 0.1) is 0 Å². The molecule has 0 unspecified atom stereocenters. The summed E-state index contributed by atoms with van der Waals surface area (Å²) in [6.07, 6.45) is 1.16. The molecule has 1 aromatic rings.